The lowest BCUT2D eigenvalue weighted by Gasteiger charge is -2.39. The van der Waals surface area contributed by atoms with E-state index in [9.17, 15) is 5.11 Å². The van der Waals surface area contributed by atoms with Crippen LogP contribution in [0, 0.1) is 6.92 Å². The van der Waals surface area contributed by atoms with Gasteiger partial charge in [-0.3, -0.25) is 0 Å². The molecule has 0 bridgehead atoms. The molecule has 1 aromatic carbocycles. The van der Waals surface area contributed by atoms with E-state index in [2.05, 4.69) is 31.2 Å². The Morgan fingerprint density at radius 1 is 1.28 bits per heavy atom. The molecule has 1 aliphatic heterocycles. The van der Waals surface area contributed by atoms with Gasteiger partial charge >= 0.3 is 0 Å². The molecule has 0 amide bonds. The summed E-state index contributed by atoms with van der Waals surface area (Å²) in [5.41, 5.74) is 2.48. The van der Waals surface area contributed by atoms with Crippen molar-refractivity contribution in [2.45, 2.75) is 44.0 Å². The molecule has 1 saturated carbocycles. The molecule has 2 aliphatic rings. The molecule has 0 aromatic heterocycles. The van der Waals surface area contributed by atoms with Gasteiger partial charge in [0.05, 0.1) is 19.3 Å². The maximum Gasteiger partial charge on any atom is 0.171 e. The lowest BCUT2D eigenvalue weighted by Crippen LogP contribution is -2.42. The molecule has 1 heterocycles. The van der Waals surface area contributed by atoms with Crippen LogP contribution in [0.25, 0.3) is 0 Å². The van der Waals surface area contributed by atoms with E-state index in [0.717, 1.165) is 12.8 Å². The number of hydrogen-bond acceptors (Lipinski definition) is 3. The predicted molar refractivity (Wildman–Crippen MR) is 68.4 cm³/mol. The molecule has 18 heavy (non-hydrogen) atoms. The van der Waals surface area contributed by atoms with Crippen molar-refractivity contribution in [2.75, 3.05) is 13.2 Å². The molecular weight excluding hydrogens is 228 g/mol. The number of aliphatic hydroxyl groups excluding tert-OH is 1. The molecule has 0 unspecified atom stereocenters. The minimum absolute atomic E-state index is 0.211. The van der Waals surface area contributed by atoms with Crippen LogP contribution in [-0.4, -0.2) is 30.2 Å². The second-order valence-corrected chi connectivity index (χ2v) is 5.44. The van der Waals surface area contributed by atoms with E-state index in [1.807, 2.05) is 0 Å². The minimum Gasteiger partial charge on any atom is -0.392 e. The summed E-state index contributed by atoms with van der Waals surface area (Å²) in [6, 6.07) is 8.42. The van der Waals surface area contributed by atoms with Crippen molar-refractivity contribution in [1.82, 2.24) is 0 Å². The Labute approximate surface area is 108 Å². The fourth-order valence-corrected chi connectivity index (χ4v) is 3.18. The predicted octanol–water partition coefficient (Wildman–Crippen LogP) is 2.37. The molecule has 1 aliphatic carbocycles. The first-order valence-corrected chi connectivity index (χ1v) is 6.71. The molecule has 1 spiro atoms. The van der Waals surface area contributed by atoms with Crippen molar-refractivity contribution < 1.29 is 14.6 Å². The van der Waals surface area contributed by atoms with Crippen LogP contribution >= 0.6 is 0 Å². The van der Waals surface area contributed by atoms with Gasteiger partial charge in [-0.05, 0) is 18.9 Å². The Morgan fingerprint density at radius 2 is 2.06 bits per heavy atom. The average molecular weight is 248 g/mol. The number of hydrogen-bond donors (Lipinski definition) is 1. The number of ether oxygens (including phenoxy) is 2. The van der Waals surface area contributed by atoms with Crippen molar-refractivity contribution in [1.29, 1.82) is 0 Å². The van der Waals surface area contributed by atoms with Crippen molar-refractivity contribution in [3.05, 3.63) is 35.4 Å². The largest absolute Gasteiger partial charge is 0.392 e. The summed E-state index contributed by atoms with van der Waals surface area (Å²) >= 11 is 0. The van der Waals surface area contributed by atoms with Gasteiger partial charge in [-0.1, -0.05) is 29.8 Å². The fourth-order valence-electron chi connectivity index (χ4n) is 3.18. The molecule has 98 valence electrons. The molecule has 2 atom stereocenters. The van der Waals surface area contributed by atoms with Gasteiger partial charge in [-0.2, -0.15) is 0 Å². The summed E-state index contributed by atoms with van der Waals surface area (Å²) in [4.78, 5) is 0. The van der Waals surface area contributed by atoms with Gasteiger partial charge in [0.1, 0.15) is 0 Å². The molecular formula is C15H20O3. The van der Waals surface area contributed by atoms with Gasteiger partial charge in [-0.15, -0.1) is 0 Å². The van der Waals surface area contributed by atoms with Crippen molar-refractivity contribution in [3.8, 4) is 0 Å². The third-order valence-electron chi connectivity index (χ3n) is 4.10. The van der Waals surface area contributed by atoms with Gasteiger partial charge in [-0.25, -0.2) is 0 Å². The highest BCUT2D eigenvalue weighted by molar-refractivity contribution is 5.27. The molecule has 1 saturated heterocycles. The first-order valence-electron chi connectivity index (χ1n) is 6.71. The number of aliphatic hydroxyl groups is 1. The van der Waals surface area contributed by atoms with Gasteiger partial charge in [0.2, 0.25) is 0 Å². The van der Waals surface area contributed by atoms with Gasteiger partial charge in [0, 0.05) is 18.8 Å². The van der Waals surface area contributed by atoms with Crippen LogP contribution in [0.2, 0.25) is 0 Å². The molecule has 3 heteroatoms. The second-order valence-electron chi connectivity index (χ2n) is 5.44. The zero-order valence-electron chi connectivity index (χ0n) is 10.8. The molecule has 1 N–H and O–H groups in total. The van der Waals surface area contributed by atoms with E-state index in [1.54, 1.807) is 0 Å². The van der Waals surface area contributed by atoms with E-state index >= 15 is 0 Å². The van der Waals surface area contributed by atoms with E-state index in [-0.39, 0.29) is 12.0 Å². The highest BCUT2D eigenvalue weighted by Crippen LogP contribution is 2.42. The highest BCUT2D eigenvalue weighted by atomic mass is 16.7. The molecule has 3 nitrogen and oxygen atoms in total. The number of rotatable bonds is 1. The molecule has 2 fully saturated rings. The summed E-state index contributed by atoms with van der Waals surface area (Å²) in [6.45, 7) is 3.40. The lowest BCUT2D eigenvalue weighted by molar-refractivity contribution is -0.199. The fraction of sp³-hybridized carbons (Fsp3) is 0.600. The quantitative estimate of drug-likeness (QED) is 0.829. The van der Waals surface area contributed by atoms with Crippen LogP contribution in [-0.2, 0) is 9.47 Å². The van der Waals surface area contributed by atoms with Crippen LogP contribution in [0.5, 0.6) is 0 Å². The zero-order chi connectivity index (χ0) is 12.6. The second kappa shape index (κ2) is 4.65. The lowest BCUT2D eigenvalue weighted by atomic mass is 9.78. The highest BCUT2D eigenvalue weighted by Gasteiger charge is 2.44. The third-order valence-corrected chi connectivity index (χ3v) is 4.10. The van der Waals surface area contributed by atoms with E-state index in [4.69, 9.17) is 9.47 Å². The summed E-state index contributed by atoms with van der Waals surface area (Å²) < 4.78 is 11.4. The number of benzene rings is 1. The van der Waals surface area contributed by atoms with E-state index in [1.165, 1.54) is 11.1 Å². The van der Waals surface area contributed by atoms with Crippen molar-refractivity contribution in [2.24, 2.45) is 0 Å². The van der Waals surface area contributed by atoms with Crippen LogP contribution in [0.15, 0.2) is 24.3 Å². The van der Waals surface area contributed by atoms with Crippen LogP contribution < -0.4 is 0 Å². The van der Waals surface area contributed by atoms with Crippen LogP contribution in [0.1, 0.15) is 36.3 Å². The van der Waals surface area contributed by atoms with E-state index < -0.39 is 5.79 Å². The molecule has 3 rings (SSSR count). The Balaban J connectivity index is 1.76. The average Bonchev–Trinajstić information content (AvgIpc) is 2.77. The summed E-state index contributed by atoms with van der Waals surface area (Å²) in [7, 11) is 0. The first kappa shape index (κ1) is 12.2. The van der Waals surface area contributed by atoms with E-state index in [0.29, 0.717) is 19.6 Å². The number of aryl methyl sites for hydroxylation is 1. The van der Waals surface area contributed by atoms with Gasteiger partial charge in [0.25, 0.3) is 0 Å². The maximum atomic E-state index is 10.4. The SMILES string of the molecule is Cc1cccc([C@@H]2CCC3(C[C@@H]2O)OCCO3)c1. The zero-order valence-corrected chi connectivity index (χ0v) is 10.8. The van der Waals surface area contributed by atoms with Gasteiger partial charge in [0.15, 0.2) is 5.79 Å². The Hall–Kier alpha value is -0.900. The Kier molecular flexibility index (Phi) is 3.14. The molecule has 0 radical (unpaired) electrons. The first-order chi connectivity index (χ1) is 8.69. The summed E-state index contributed by atoms with van der Waals surface area (Å²) in [5.74, 6) is -0.289. The monoisotopic (exact) mass is 248 g/mol. The maximum absolute atomic E-state index is 10.4. The standard InChI is InChI=1S/C15H20O3/c1-11-3-2-4-12(9-11)13-5-6-15(10-14(13)16)17-7-8-18-15/h2-4,9,13-14,16H,5-8,10H2,1H3/t13-,14-/m0/s1. The third kappa shape index (κ3) is 2.18. The Morgan fingerprint density at radius 3 is 2.72 bits per heavy atom. The summed E-state index contributed by atoms with van der Waals surface area (Å²) in [5, 5.41) is 10.4. The molecule has 1 aromatic rings. The summed E-state index contributed by atoms with van der Waals surface area (Å²) in [6.07, 6.45) is 2.01. The topological polar surface area (TPSA) is 38.7 Å². The normalized spacial score (nSPS) is 30.8. The minimum atomic E-state index is -0.500. The van der Waals surface area contributed by atoms with Crippen molar-refractivity contribution >= 4 is 0 Å². The van der Waals surface area contributed by atoms with Crippen molar-refractivity contribution in [3.63, 3.8) is 0 Å². The van der Waals surface area contributed by atoms with Crippen LogP contribution in [0.4, 0.5) is 0 Å². The smallest absolute Gasteiger partial charge is 0.171 e. The van der Waals surface area contributed by atoms with Gasteiger partial charge < -0.3 is 14.6 Å². The Bertz CT molecular complexity index is 424. The van der Waals surface area contributed by atoms with Crippen LogP contribution in [0.3, 0.4) is 0 Å².